The second-order valence-electron chi connectivity index (χ2n) is 5.37. The molecule has 1 aliphatic rings. The van der Waals surface area contributed by atoms with Crippen molar-refractivity contribution in [1.29, 1.82) is 0 Å². The van der Waals surface area contributed by atoms with Gasteiger partial charge < -0.3 is 14.5 Å². The summed E-state index contributed by atoms with van der Waals surface area (Å²) in [6.45, 7) is -0.145. The molecule has 2 aromatic rings. The maximum Gasteiger partial charge on any atom is 0.294 e. The van der Waals surface area contributed by atoms with E-state index in [1.54, 1.807) is 36.4 Å². The fourth-order valence-corrected chi connectivity index (χ4v) is 3.19. The molecule has 0 saturated carbocycles. The number of ether oxygens (including phenoxy) is 1. The van der Waals surface area contributed by atoms with E-state index in [4.69, 9.17) is 9.15 Å². The van der Waals surface area contributed by atoms with Gasteiger partial charge in [0.2, 0.25) is 5.91 Å². The average molecular weight is 372 g/mol. The lowest BCUT2D eigenvalue weighted by molar-refractivity contribution is -0.129. The number of carbonyl (C=O) groups excluding carboxylic acids is 3. The molecule has 0 atom stereocenters. The van der Waals surface area contributed by atoms with Gasteiger partial charge in [-0.25, -0.2) is 0 Å². The summed E-state index contributed by atoms with van der Waals surface area (Å²) in [5, 5.41) is 2.13. The van der Waals surface area contributed by atoms with Crippen LogP contribution in [0.2, 0.25) is 0 Å². The molecular weight excluding hydrogens is 356 g/mol. The number of benzene rings is 1. The second kappa shape index (κ2) is 7.92. The lowest BCUT2D eigenvalue weighted by atomic mass is 10.2. The van der Waals surface area contributed by atoms with Crippen LogP contribution in [-0.4, -0.2) is 35.6 Å². The highest BCUT2D eigenvalue weighted by molar-refractivity contribution is 8.18. The molecule has 1 saturated heterocycles. The number of nitrogens with one attached hydrogen (secondary N) is 1. The fourth-order valence-electron chi connectivity index (χ4n) is 2.36. The molecule has 0 unspecified atom stereocenters. The normalized spacial score (nSPS) is 15.6. The number of furan rings is 1. The number of para-hydroxylation sites is 1. The monoisotopic (exact) mass is 372 g/mol. The summed E-state index contributed by atoms with van der Waals surface area (Å²) in [5.41, 5.74) is 0.683. The minimum Gasteiger partial charge on any atom is -0.496 e. The van der Waals surface area contributed by atoms with Crippen LogP contribution in [0.4, 0.5) is 4.79 Å². The van der Waals surface area contributed by atoms with Crippen molar-refractivity contribution in [2.75, 3.05) is 13.7 Å². The van der Waals surface area contributed by atoms with Gasteiger partial charge in [-0.1, -0.05) is 18.2 Å². The minimum atomic E-state index is -0.501. The first-order valence-electron chi connectivity index (χ1n) is 7.76. The van der Waals surface area contributed by atoms with Crippen LogP contribution in [0.1, 0.15) is 11.3 Å². The molecule has 0 radical (unpaired) electrons. The lowest BCUT2D eigenvalue weighted by Crippen LogP contribution is -2.39. The van der Waals surface area contributed by atoms with Gasteiger partial charge in [-0.15, -0.1) is 0 Å². The summed E-state index contributed by atoms with van der Waals surface area (Å²) in [5.74, 6) is 0.236. The summed E-state index contributed by atoms with van der Waals surface area (Å²) < 4.78 is 10.4. The molecule has 2 heterocycles. The largest absolute Gasteiger partial charge is 0.496 e. The van der Waals surface area contributed by atoms with Crippen LogP contribution in [0.5, 0.6) is 5.75 Å². The Balaban J connectivity index is 1.66. The van der Waals surface area contributed by atoms with Crippen LogP contribution in [0, 0.1) is 0 Å². The number of imide groups is 1. The molecule has 134 valence electrons. The number of methoxy groups -OCH3 is 1. The first-order valence-corrected chi connectivity index (χ1v) is 8.57. The van der Waals surface area contributed by atoms with Crippen LogP contribution >= 0.6 is 11.8 Å². The second-order valence-corrected chi connectivity index (χ2v) is 6.36. The summed E-state index contributed by atoms with van der Waals surface area (Å²) in [6.07, 6.45) is 3.09. The Bertz CT molecular complexity index is 860. The van der Waals surface area contributed by atoms with Crippen molar-refractivity contribution >= 4 is 34.9 Å². The number of nitrogens with zero attached hydrogens (tertiary/aromatic N) is 1. The Morgan fingerprint density at radius 1 is 1.27 bits per heavy atom. The van der Waals surface area contributed by atoms with E-state index < -0.39 is 17.1 Å². The van der Waals surface area contributed by atoms with Gasteiger partial charge in [0.1, 0.15) is 18.1 Å². The Morgan fingerprint density at radius 3 is 2.81 bits per heavy atom. The van der Waals surface area contributed by atoms with E-state index in [0.29, 0.717) is 17.1 Å². The van der Waals surface area contributed by atoms with E-state index in [1.165, 1.54) is 13.4 Å². The summed E-state index contributed by atoms with van der Waals surface area (Å²) in [4.78, 5) is 37.7. The van der Waals surface area contributed by atoms with Gasteiger partial charge in [0, 0.05) is 5.56 Å². The van der Waals surface area contributed by atoms with Crippen LogP contribution in [-0.2, 0) is 16.1 Å². The van der Waals surface area contributed by atoms with Crippen LogP contribution in [0.15, 0.2) is 52.0 Å². The highest BCUT2D eigenvalue weighted by Gasteiger charge is 2.36. The molecule has 3 rings (SSSR count). The first-order chi connectivity index (χ1) is 12.6. The van der Waals surface area contributed by atoms with Gasteiger partial charge in [0.25, 0.3) is 11.1 Å². The Hall–Kier alpha value is -3.00. The van der Waals surface area contributed by atoms with Crippen LogP contribution in [0.3, 0.4) is 0 Å². The number of hydrogen-bond acceptors (Lipinski definition) is 6. The fraction of sp³-hybridized carbons (Fsp3) is 0.167. The van der Waals surface area contributed by atoms with Crippen molar-refractivity contribution in [3.8, 4) is 5.75 Å². The Labute approximate surface area is 154 Å². The molecule has 1 N–H and O–H groups in total. The molecule has 26 heavy (non-hydrogen) atoms. The number of rotatable bonds is 6. The van der Waals surface area contributed by atoms with Crippen LogP contribution < -0.4 is 10.1 Å². The number of hydrogen-bond donors (Lipinski definition) is 1. The summed E-state index contributed by atoms with van der Waals surface area (Å²) in [7, 11) is 1.53. The highest BCUT2D eigenvalue weighted by Crippen LogP contribution is 2.33. The van der Waals surface area contributed by atoms with Gasteiger partial charge in [-0.3, -0.25) is 19.3 Å². The van der Waals surface area contributed by atoms with Crippen LogP contribution in [0.25, 0.3) is 6.08 Å². The first kappa shape index (κ1) is 17.8. The molecule has 8 heteroatoms. The highest BCUT2D eigenvalue weighted by atomic mass is 32.2. The van der Waals surface area contributed by atoms with E-state index in [2.05, 4.69) is 5.32 Å². The molecule has 3 amide bonds. The van der Waals surface area contributed by atoms with Crippen molar-refractivity contribution in [2.24, 2.45) is 0 Å². The van der Waals surface area contributed by atoms with E-state index in [0.717, 1.165) is 16.7 Å². The van der Waals surface area contributed by atoms with Gasteiger partial charge >= 0.3 is 0 Å². The predicted octanol–water partition coefficient (Wildman–Crippen LogP) is 2.64. The Morgan fingerprint density at radius 2 is 2.08 bits per heavy atom. The number of amides is 3. The van der Waals surface area contributed by atoms with E-state index in [9.17, 15) is 14.4 Å². The third-order valence-electron chi connectivity index (χ3n) is 3.64. The topological polar surface area (TPSA) is 88.8 Å². The maximum atomic E-state index is 12.5. The molecule has 0 spiro atoms. The maximum absolute atomic E-state index is 12.5. The van der Waals surface area contributed by atoms with E-state index in [-0.39, 0.29) is 18.0 Å². The van der Waals surface area contributed by atoms with Gasteiger partial charge in [0.15, 0.2) is 0 Å². The van der Waals surface area contributed by atoms with Crippen molar-refractivity contribution in [1.82, 2.24) is 10.2 Å². The van der Waals surface area contributed by atoms with Crippen molar-refractivity contribution in [3.63, 3.8) is 0 Å². The number of thioether (sulfide) groups is 1. The van der Waals surface area contributed by atoms with E-state index >= 15 is 0 Å². The summed E-state index contributed by atoms with van der Waals surface area (Å²) in [6, 6.07) is 10.6. The number of carbonyl (C=O) groups is 3. The standard InChI is InChI=1S/C18H16N2O5S/c1-24-14-7-3-2-5-12(14)9-15-17(22)20(18(23)26-15)11-16(21)19-10-13-6-4-8-25-13/h2-9H,10-11H2,1H3,(H,19,21)/b15-9-. The zero-order valence-corrected chi connectivity index (χ0v) is 14.7. The summed E-state index contributed by atoms with van der Waals surface area (Å²) >= 11 is 0.798. The molecular formula is C18H16N2O5S. The molecule has 0 bridgehead atoms. The molecule has 1 aromatic heterocycles. The van der Waals surface area contributed by atoms with Crippen molar-refractivity contribution in [3.05, 3.63) is 58.9 Å². The quantitative estimate of drug-likeness (QED) is 0.784. The SMILES string of the molecule is COc1ccccc1/C=C1\SC(=O)N(CC(=O)NCc2ccco2)C1=O. The molecule has 0 aliphatic carbocycles. The zero-order chi connectivity index (χ0) is 18.5. The van der Waals surface area contributed by atoms with Gasteiger partial charge in [0.05, 0.1) is 24.8 Å². The zero-order valence-electron chi connectivity index (χ0n) is 13.9. The van der Waals surface area contributed by atoms with Crippen molar-refractivity contribution < 1.29 is 23.5 Å². The Kier molecular flexibility index (Phi) is 5.43. The third kappa shape index (κ3) is 3.97. The smallest absolute Gasteiger partial charge is 0.294 e. The van der Waals surface area contributed by atoms with Gasteiger partial charge in [-0.2, -0.15) is 0 Å². The predicted molar refractivity (Wildman–Crippen MR) is 96.2 cm³/mol. The molecule has 1 aromatic carbocycles. The van der Waals surface area contributed by atoms with E-state index in [1.807, 2.05) is 6.07 Å². The lowest BCUT2D eigenvalue weighted by Gasteiger charge is -2.11. The molecule has 7 nitrogen and oxygen atoms in total. The average Bonchev–Trinajstić information content (AvgIpc) is 3.25. The van der Waals surface area contributed by atoms with Crippen molar-refractivity contribution in [2.45, 2.75) is 6.54 Å². The molecule has 1 aliphatic heterocycles. The van der Waals surface area contributed by atoms with Gasteiger partial charge in [-0.05, 0) is 36.0 Å². The minimum absolute atomic E-state index is 0.194. The molecule has 1 fully saturated rings. The third-order valence-corrected chi connectivity index (χ3v) is 4.55.